The zero-order valence-corrected chi connectivity index (χ0v) is 14.2. The fourth-order valence-electron chi connectivity index (χ4n) is 3.68. The highest BCUT2D eigenvalue weighted by Crippen LogP contribution is 2.45. The third-order valence-electron chi connectivity index (χ3n) is 4.76. The summed E-state index contributed by atoms with van der Waals surface area (Å²) in [5, 5.41) is 10.5. The molecule has 1 N–H and O–H groups in total. The maximum absolute atomic E-state index is 10.5. The largest absolute Gasteiger partial charge is 0.487 e. The van der Waals surface area contributed by atoms with Crippen LogP contribution in [0.25, 0.3) is 0 Å². The number of fused-ring (bicyclic) bond motifs is 1. The molecule has 3 rings (SSSR count). The van der Waals surface area contributed by atoms with Crippen LogP contribution in [-0.2, 0) is 0 Å². The van der Waals surface area contributed by atoms with E-state index in [-0.39, 0.29) is 5.60 Å². The summed E-state index contributed by atoms with van der Waals surface area (Å²) in [6.07, 6.45) is 4.72. The summed E-state index contributed by atoms with van der Waals surface area (Å²) in [7, 11) is 0. The summed E-state index contributed by atoms with van der Waals surface area (Å²) in [6.45, 7) is 5.63. The van der Waals surface area contributed by atoms with Crippen molar-refractivity contribution in [2.75, 3.05) is 19.6 Å². The van der Waals surface area contributed by atoms with Gasteiger partial charge >= 0.3 is 0 Å². The normalized spacial score (nSPS) is 29.8. The molecule has 116 valence electrons. The molecule has 3 nitrogen and oxygen atoms in total. The number of hydrogen-bond acceptors (Lipinski definition) is 3. The summed E-state index contributed by atoms with van der Waals surface area (Å²) >= 11 is 3.50. The predicted molar refractivity (Wildman–Crippen MR) is 87.7 cm³/mol. The number of nitrogens with zero attached hydrogens (tertiary/aromatic N) is 1. The number of aliphatic hydroxyl groups excluding tert-OH is 1. The van der Waals surface area contributed by atoms with Crippen molar-refractivity contribution in [3.63, 3.8) is 0 Å². The Hall–Kier alpha value is -0.580. The van der Waals surface area contributed by atoms with Gasteiger partial charge in [0.15, 0.2) is 0 Å². The molecule has 0 amide bonds. The molecule has 1 aromatic carbocycles. The quantitative estimate of drug-likeness (QED) is 0.874. The van der Waals surface area contributed by atoms with Crippen molar-refractivity contribution in [1.29, 1.82) is 0 Å². The highest BCUT2D eigenvalue weighted by Gasteiger charge is 2.41. The molecule has 0 radical (unpaired) electrons. The Bertz CT molecular complexity index is 508. The van der Waals surface area contributed by atoms with Crippen molar-refractivity contribution >= 4 is 15.9 Å². The maximum Gasteiger partial charge on any atom is 0.127 e. The van der Waals surface area contributed by atoms with E-state index in [2.05, 4.69) is 27.8 Å². The van der Waals surface area contributed by atoms with Gasteiger partial charge in [-0.2, -0.15) is 0 Å². The number of benzene rings is 1. The minimum absolute atomic E-state index is 0.185. The highest BCUT2D eigenvalue weighted by atomic mass is 79.9. The average molecular weight is 354 g/mol. The molecule has 2 aliphatic heterocycles. The summed E-state index contributed by atoms with van der Waals surface area (Å²) in [4.78, 5) is 2.53. The summed E-state index contributed by atoms with van der Waals surface area (Å²) in [6, 6.07) is 5.94. The topological polar surface area (TPSA) is 32.7 Å². The van der Waals surface area contributed by atoms with Gasteiger partial charge in [-0.25, -0.2) is 0 Å². The van der Waals surface area contributed by atoms with Gasteiger partial charge in [0.25, 0.3) is 0 Å². The van der Waals surface area contributed by atoms with E-state index < -0.39 is 6.10 Å². The lowest BCUT2D eigenvalue weighted by Gasteiger charge is -2.40. The molecule has 2 atom stereocenters. The van der Waals surface area contributed by atoms with Crippen LogP contribution in [-0.4, -0.2) is 35.2 Å². The first-order valence-corrected chi connectivity index (χ1v) is 8.80. The van der Waals surface area contributed by atoms with Crippen LogP contribution < -0.4 is 4.74 Å². The molecule has 0 bridgehead atoms. The number of aliphatic hydroxyl groups is 1. The Labute approximate surface area is 135 Å². The minimum atomic E-state index is -0.403. The van der Waals surface area contributed by atoms with Gasteiger partial charge < -0.3 is 14.7 Å². The Morgan fingerprint density at radius 3 is 3.05 bits per heavy atom. The Balaban J connectivity index is 1.80. The van der Waals surface area contributed by atoms with Crippen LogP contribution >= 0.6 is 15.9 Å². The zero-order chi connectivity index (χ0) is 14.9. The molecule has 0 saturated carbocycles. The summed E-state index contributed by atoms with van der Waals surface area (Å²) < 4.78 is 7.41. The molecular formula is C17H24BrNO2. The first kappa shape index (κ1) is 15.3. The van der Waals surface area contributed by atoms with E-state index in [0.29, 0.717) is 0 Å². The molecule has 2 aliphatic rings. The first-order chi connectivity index (χ1) is 10.1. The number of rotatable bonds is 2. The molecule has 1 fully saturated rings. The fraction of sp³-hybridized carbons (Fsp3) is 0.647. The van der Waals surface area contributed by atoms with Gasteiger partial charge in [0.1, 0.15) is 11.4 Å². The zero-order valence-electron chi connectivity index (χ0n) is 12.6. The third kappa shape index (κ3) is 3.27. The maximum atomic E-state index is 10.5. The number of ether oxygens (including phenoxy) is 1. The van der Waals surface area contributed by atoms with Gasteiger partial charge in [0.2, 0.25) is 0 Å². The van der Waals surface area contributed by atoms with Crippen LogP contribution in [0.5, 0.6) is 5.75 Å². The van der Waals surface area contributed by atoms with E-state index in [1.165, 1.54) is 13.0 Å². The Kier molecular flexibility index (Phi) is 4.57. The van der Waals surface area contributed by atoms with Crippen molar-refractivity contribution in [3.8, 4) is 5.75 Å². The molecule has 0 aromatic heterocycles. The lowest BCUT2D eigenvalue weighted by Crippen LogP contribution is -2.42. The van der Waals surface area contributed by atoms with Gasteiger partial charge in [-0.1, -0.05) is 28.9 Å². The fourth-order valence-corrected chi connectivity index (χ4v) is 4.02. The van der Waals surface area contributed by atoms with Crippen LogP contribution in [0.1, 0.15) is 50.7 Å². The van der Waals surface area contributed by atoms with Crippen molar-refractivity contribution in [2.45, 2.75) is 50.7 Å². The monoisotopic (exact) mass is 353 g/mol. The average Bonchev–Trinajstić information content (AvgIpc) is 2.62. The van der Waals surface area contributed by atoms with Crippen molar-refractivity contribution in [3.05, 3.63) is 28.2 Å². The standard InChI is InChI=1S/C17H24BrNO2/c1-2-8-19-9-3-6-17(7-10-19)12-15(20)14-5-4-13(18)11-16(14)21-17/h4-5,11,15,20H,2-3,6-10,12H2,1H3/t15-,17?/m1/s1. The highest BCUT2D eigenvalue weighted by molar-refractivity contribution is 9.10. The molecule has 4 heteroatoms. The molecule has 1 spiro atoms. The van der Waals surface area contributed by atoms with Gasteiger partial charge in [-0.3, -0.25) is 0 Å². The number of likely N-dealkylation sites (tertiary alicyclic amines) is 1. The van der Waals surface area contributed by atoms with E-state index >= 15 is 0 Å². The third-order valence-corrected chi connectivity index (χ3v) is 5.25. The number of halogens is 1. The molecular weight excluding hydrogens is 330 g/mol. The summed E-state index contributed by atoms with van der Waals surface area (Å²) in [5.41, 5.74) is 0.744. The molecule has 0 aliphatic carbocycles. The molecule has 21 heavy (non-hydrogen) atoms. The molecule has 1 aromatic rings. The van der Waals surface area contributed by atoms with Crippen LogP contribution in [0.3, 0.4) is 0 Å². The number of hydrogen-bond donors (Lipinski definition) is 1. The van der Waals surface area contributed by atoms with E-state index in [1.54, 1.807) is 0 Å². The van der Waals surface area contributed by atoms with Crippen molar-refractivity contribution in [1.82, 2.24) is 4.90 Å². The van der Waals surface area contributed by atoms with Crippen LogP contribution in [0.15, 0.2) is 22.7 Å². The lowest BCUT2D eigenvalue weighted by molar-refractivity contribution is -0.0239. The minimum Gasteiger partial charge on any atom is -0.487 e. The Morgan fingerprint density at radius 2 is 2.24 bits per heavy atom. The van der Waals surface area contributed by atoms with Crippen LogP contribution in [0.2, 0.25) is 0 Å². The van der Waals surface area contributed by atoms with Crippen LogP contribution in [0.4, 0.5) is 0 Å². The van der Waals surface area contributed by atoms with E-state index in [0.717, 1.165) is 54.6 Å². The lowest BCUT2D eigenvalue weighted by atomic mass is 9.83. The molecule has 2 heterocycles. The van der Waals surface area contributed by atoms with Gasteiger partial charge in [0.05, 0.1) is 6.10 Å². The second-order valence-corrected chi connectivity index (χ2v) is 7.30. The van der Waals surface area contributed by atoms with Crippen LogP contribution in [0, 0.1) is 0 Å². The van der Waals surface area contributed by atoms with E-state index in [9.17, 15) is 5.11 Å². The van der Waals surface area contributed by atoms with Gasteiger partial charge in [0, 0.05) is 23.0 Å². The first-order valence-electron chi connectivity index (χ1n) is 8.01. The second-order valence-electron chi connectivity index (χ2n) is 6.38. The second kappa shape index (κ2) is 6.27. The summed E-state index contributed by atoms with van der Waals surface area (Å²) in [5.74, 6) is 0.854. The van der Waals surface area contributed by atoms with E-state index in [1.807, 2.05) is 18.2 Å². The Morgan fingerprint density at radius 1 is 1.38 bits per heavy atom. The van der Waals surface area contributed by atoms with Gasteiger partial charge in [-0.05, 0) is 50.9 Å². The molecule has 1 saturated heterocycles. The van der Waals surface area contributed by atoms with Crippen molar-refractivity contribution < 1.29 is 9.84 Å². The predicted octanol–water partition coefficient (Wildman–Crippen LogP) is 3.90. The van der Waals surface area contributed by atoms with Crippen molar-refractivity contribution in [2.24, 2.45) is 0 Å². The molecule has 1 unspecified atom stereocenters. The van der Waals surface area contributed by atoms with Gasteiger partial charge in [-0.15, -0.1) is 0 Å². The SMILES string of the molecule is CCCN1CCCC2(CC1)C[C@@H](O)c1ccc(Br)cc1O2. The smallest absolute Gasteiger partial charge is 0.127 e. The van der Waals surface area contributed by atoms with E-state index in [4.69, 9.17) is 4.74 Å².